The summed E-state index contributed by atoms with van der Waals surface area (Å²) in [5.74, 6) is -6.05. The normalized spacial score (nSPS) is 18.5. The molecule has 0 radical (unpaired) electrons. The zero-order valence-electron chi connectivity index (χ0n) is 40.8. The summed E-state index contributed by atoms with van der Waals surface area (Å²) in [7, 11) is 6.10. The first kappa shape index (κ1) is 53.7. The van der Waals surface area contributed by atoms with Crippen molar-refractivity contribution in [1.82, 2.24) is 25.3 Å². The zero-order valence-corrected chi connectivity index (χ0v) is 40.8. The summed E-state index contributed by atoms with van der Waals surface area (Å²) in [6, 6.07) is 10.7. The van der Waals surface area contributed by atoms with E-state index in [1.54, 1.807) is 61.9 Å². The number of ether oxygens (including phenoxy) is 2. The molecule has 17 nitrogen and oxygen atoms in total. The molecule has 2 heterocycles. The van der Waals surface area contributed by atoms with Crippen molar-refractivity contribution in [3.63, 3.8) is 0 Å². The van der Waals surface area contributed by atoms with Gasteiger partial charge in [-0.15, -0.1) is 0 Å². The maximum Gasteiger partial charge on any atom is 0.326 e. The number of rotatable bonds is 23. The van der Waals surface area contributed by atoms with Crippen LogP contribution in [0, 0.1) is 23.7 Å². The van der Waals surface area contributed by atoms with Crippen molar-refractivity contribution >= 4 is 53.0 Å². The number of nitrogens with zero attached hydrogens (tertiary/aromatic N) is 4. The number of methoxy groups -OCH3 is 2. The molecule has 17 heteroatoms. The Labute approximate surface area is 394 Å². The molecule has 2 aromatic rings. The van der Waals surface area contributed by atoms with Crippen LogP contribution in [0.1, 0.15) is 90.1 Å². The molecule has 0 spiro atoms. The third-order valence-corrected chi connectivity index (χ3v) is 13.2. The number of benzene rings is 2. The summed E-state index contributed by atoms with van der Waals surface area (Å²) < 4.78 is 11.9. The molecule has 2 unspecified atom stereocenters. The number of carboxylic acids is 1. The maximum atomic E-state index is 14.6. The number of carbonyl (C=O) groups is 8. The van der Waals surface area contributed by atoms with Crippen molar-refractivity contribution in [2.24, 2.45) is 23.7 Å². The number of hydrogen-bond acceptors (Lipinski definition) is 10. The van der Waals surface area contributed by atoms with E-state index in [9.17, 15) is 43.5 Å². The van der Waals surface area contributed by atoms with Crippen LogP contribution in [0.2, 0.25) is 0 Å². The average Bonchev–Trinajstić information content (AvgIpc) is 3.92. The highest BCUT2D eigenvalue weighted by molar-refractivity contribution is 6.28. The molecule has 1 fully saturated rings. The quantitative estimate of drug-likeness (QED) is 0.135. The van der Waals surface area contributed by atoms with Crippen LogP contribution in [0.5, 0.6) is 0 Å². The van der Waals surface area contributed by atoms with Gasteiger partial charge >= 0.3 is 5.97 Å². The van der Waals surface area contributed by atoms with Crippen LogP contribution >= 0.6 is 0 Å². The van der Waals surface area contributed by atoms with Gasteiger partial charge in [0.1, 0.15) is 18.1 Å². The average molecular weight is 931 g/mol. The fourth-order valence-electron chi connectivity index (χ4n) is 9.29. The lowest BCUT2D eigenvalue weighted by Gasteiger charge is -2.41. The summed E-state index contributed by atoms with van der Waals surface area (Å²) in [5, 5.41) is 15.6. The van der Waals surface area contributed by atoms with Gasteiger partial charge in [0, 0.05) is 59.0 Å². The molecule has 9 atom stereocenters. The van der Waals surface area contributed by atoms with Gasteiger partial charge in [0.25, 0.3) is 17.7 Å². The minimum absolute atomic E-state index is 0.0968. The molecule has 2 aliphatic rings. The van der Waals surface area contributed by atoms with Crippen LogP contribution in [-0.2, 0) is 49.5 Å². The summed E-state index contributed by atoms with van der Waals surface area (Å²) >= 11 is 0. The smallest absolute Gasteiger partial charge is 0.326 e. The summed E-state index contributed by atoms with van der Waals surface area (Å²) in [6.45, 7) is 13.2. The van der Waals surface area contributed by atoms with Crippen LogP contribution in [0.3, 0.4) is 0 Å². The Hall–Kier alpha value is -5.94. The van der Waals surface area contributed by atoms with Gasteiger partial charge in [0.2, 0.25) is 23.6 Å². The Bertz CT molecular complexity index is 2090. The number of anilines is 1. The van der Waals surface area contributed by atoms with Gasteiger partial charge in [0.15, 0.2) is 0 Å². The molecule has 0 bridgehead atoms. The van der Waals surface area contributed by atoms with Gasteiger partial charge in [-0.05, 0) is 60.4 Å². The zero-order chi connectivity index (χ0) is 49.9. The van der Waals surface area contributed by atoms with Crippen molar-refractivity contribution in [3.05, 3.63) is 77.9 Å². The molecule has 366 valence electrons. The largest absolute Gasteiger partial charge is 0.480 e. The SMILES string of the molecule is CC[C@H](C)[C@@H](C(CC(=O)N1CCC[C@H]1C(OC)[C@@H](C)C(=O)N[C@@H](Cc1ccccc1)C(=O)O)OC)N(C)C(=O)[C@@H](NC(=O)[C@H](C(C)C)N(C)C(=O)c1ccc(N2C(=O)C=CC2=O)cc1)C(C)C. The second-order valence-electron chi connectivity index (χ2n) is 18.4. The highest BCUT2D eigenvalue weighted by Crippen LogP contribution is 2.30. The lowest BCUT2D eigenvalue weighted by atomic mass is 9.89. The Morgan fingerprint density at radius 3 is 1.94 bits per heavy atom. The van der Waals surface area contributed by atoms with E-state index < -0.39 is 89.7 Å². The summed E-state index contributed by atoms with van der Waals surface area (Å²) in [4.78, 5) is 113. The van der Waals surface area contributed by atoms with E-state index in [0.29, 0.717) is 31.5 Å². The lowest BCUT2D eigenvalue weighted by Crippen LogP contribution is -2.60. The fourth-order valence-corrected chi connectivity index (χ4v) is 9.29. The van der Waals surface area contributed by atoms with Gasteiger partial charge in [-0.3, -0.25) is 33.6 Å². The van der Waals surface area contributed by atoms with Crippen LogP contribution in [0.15, 0.2) is 66.7 Å². The highest BCUT2D eigenvalue weighted by atomic mass is 16.5. The van der Waals surface area contributed by atoms with Gasteiger partial charge < -0.3 is 39.9 Å². The molecule has 1 saturated heterocycles. The lowest BCUT2D eigenvalue weighted by molar-refractivity contribution is -0.148. The van der Waals surface area contributed by atoms with E-state index >= 15 is 0 Å². The van der Waals surface area contributed by atoms with E-state index in [0.717, 1.165) is 10.5 Å². The number of carboxylic acid groups (broad SMARTS) is 1. The number of nitrogens with one attached hydrogen (secondary N) is 2. The Morgan fingerprint density at radius 1 is 0.806 bits per heavy atom. The van der Waals surface area contributed by atoms with Crippen molar-refractivity contribution in [2.45, 2.75) is 123 Å². The number of imide groups is 1. The second-order valence-corrected chi connectivity index (χ2v) is 18.4. The first-order chi connectivity index (χ1) is 31.7. The van der Waals surface area contributed by atoms with Gasteiger partial charge in [-0.1, -0.05) is 85.2 Å². The standard InChI is InChI=1S/C50H70N6O11/c1-12-31(6)44(38(66-10)28-41(59)55-26-16-19-37(55)45(67-11)32(7)46(60)51-36(50(64)65)27-33-17-14-13-15-18-33)54(9)49(63)42(29(2)3)52-47(61)43(30(4)5)53(8)48(62)34-20-22-35(23-21-34)56-39(57)24-25-40(56)58/h13-15,17-18,20-25,29-32,36-38,42-45H,12,16,19,26-28H2,1-11H3,(H,51,60)(H,52,61)(H,64,65)/t31-,32+,36-,37-,38?,42-,43-,44-,45?/m0/s1. The summed E-state index contributed by atoms with van der Waals surface area (Å²) in [6.07, 6.45) is 2.66. The number of hydrogen-bond donors (Lipinski definition) is 3. The van der Waals surface area contributed by atoms with Crippen LogP contribution in [0.25, 0.3) is 0 Å². The van der Waals surface area contributed by atoms with Gasteiger partial charge in [-0.2, -0.15) is 0 Å². The summed E-state index contributed by atoms with van der Waals surface area (Å²) in [5.41, 5.74) is 1.29. The van der Waals surface area contributed by atoms with Crippen LogP contribution < -0.4 is 15.5 Å². The molecule has 3 N–H and O–H groups in total. The Morgan fingerprint density at radius 2 is 1.42 bits per heavy atom. The second kappa shape index (κ2) is 24.2. The van der Waals surface area contributed by atoms with Crippen molar-refractivity contribution in [2.75, 3.05) is 39.8 Å². The Kier molecular flexibility index (Phi) is 19.4. The number of likely N-dealkylation sites (tertiary alicyclic amines) is 1. The van der Waals surface area contributed by atoms with Crippen molar-refractivity contribution < 1.29 is 52.9 Å². The molecule has 67 heavy (non-hydrogen) atoms. The fraction of sp³-hybridized carbons (Fsp3) is 0.560. The molecule has 0 saturated carbocycles. The third kappa shape index (κ3) is 12.9. The number of carbonyl (C=O) groups excluding carboxylic acids is 7. The Balaban J connectivity index is 1.48. The van der Waals surface area contributed by atoms with E-state index in [-0.39, 0.29) is 42.1 Å². The molecule has 0 aromatic heterocycles. The first-order valence-corrected chi connectivity index (χ1v) is 23.1. The van der Waals surface area contributed by atoms with Gasteiger partial charge in [-0.25, -0.2) is 9.69 Å². The minimum atomic E-state index is -1.17. The molecule has 2 aromatic carbocycles. The molecular formula is C50H70N6O11. The molecule has 7 amide bonds. The predicted octanol–water partition coefficient (Wildman–Crippen LogP) is 4.09. The molecular weight excluding hydrogens is 861 g/mol. The molecule has 4 rings (SSSR count). The van der Waals surface area contributed by atoms with Crippen LogP contribution in [-0.4, -0.2) is 144 Å². The van der Waals surface area contributed by atoms with Gasteiger partial charge in [0.05, 0.1) is 42.3 Å². The molecule has 0 aliphatic carbocycles. The predicted molar refractivity (Wildman–Crippen MR) is 251 cm³/mol. The van der Waals surface area contributed by atoms with E-state index in [2.05, 4.69) is 10.6 Å². The monoisotopic (exact) mass is 931 g/mol. The van der Waals surface area contributed by atoms with E-state index in [1.807, 2.05) is 33.8 Å². The number of aliphatic carboxylic acids is 1. The van der Waals surface area contributed by atoms with Crippen molar-refractivity contribution in [3.8, 4) is 0 Å². The highest BCUT2D eigenvalue weighted by Gasteiger charge is 2.44. The third-order valence-electron chi connectivity index (χ3n) is 13.2. The van der Waals surface area contributed by atoms with Crippen molar-refractivity contribution in [1.29, 1.82) is 0 Å². The minimum Gasteiger partial charge on any atom is -0.480 e. The number of likely N-dealkylation sites (N-methyl/N-ethyl adjacent to an activating group) is 2. The van der Waals surface area contributed by atoms with Crippen LogP contribution in [0.4, 0.5) is 5.69 Å². The topological polar surface area (TPSA) is 212 Å². The number of amides is 7. The molecule has 2 aliphatic heterocycles. The first-order valence-electron chi connectivity index (χ1n) is 23.1. The van der Waals surface area contributed by atoms with E-state index in [4.69, 9.17) is 9.47 Å². The maximum absolute atomic E-state index is 14.6. The van der Waals surface area contributed by atoms with E-state index in [1.165, 1.54) is 62.6 Å².